The minimum Gasteiger partial charge on any atom is -0.495 e. The molecule has 0 aliphatic heterocycles. The molecule has 0 radical (unpaired) electrons. The van der Waals surface area contributed by atoms with Crippen LogP contribution in [-0.4, -0.2) is 36.1 Å². The second kappa shape index (κ2) is 9.64. The van der Waals surface area contributed by atoms with Crippen LogP contribution in [0.2, 0.25) is 0 Å². The van der Waals surface area contributed by atoms with Crippen molar-refractivity contribution in [2.75, 3.05) is 20.3 Å². The summed E-state index contributed by atoms with van der Waals surface area (Å²) in [7, 11) is 1.49. The SMILES string of the molecule is CCOc1ccc(-c2cc(C(=O)NCCc3cc(OC)cnc3F)ccn2)cc1. The molecule has 0 saturated heterocycles. The van der Waals surface area contributed by atoms with Gasteiger partial charge in [0.15, 0.2) is 0 Å². The zero-order valence-corrected chi connectivity index (χ0v) is 16.3. The van der Waals surface area contributed by atoms with E-state index < -0.39 is 5.95 Å². The Morgan fingerprint density at radius 2 is 1.90 bits per heavy atom. The molecule has 0 atom stereocenters. The van der Waals surface area contributed by atoms with Crippen LogP contribution in [-0.2, 0) is 6.42 Å². The molecule has 150 valence electrons. The molecule has 7 heteroatoms. The molecule has 2 heterocycles. The fourth-order valence-electron chi connectivity index (χ4n) is 2.79. The van der Waals surface area contributed by atoms with Crippen molar-refractivity contribution in [3.05, 3.63) is 71.9 Å². The second-order valence-corrected chi connectivity index (χ2v) is 6.22. The molecule has 2 aromatic heterocycles. The smallest absolute Gasteiger partial charge is 0.251 e. The summed E-state index contributed by atoms with van der Waals surface area (Å²) in [5.74, 6) is 0.434. The number of aromatic nitrogens is 2. The predicted molar refractivity (Wildman–Crippen MR) is 108 cm³/mol. The van der Waals surface area contributed by atoms with Crippen LogP contribution < -0.4 is 14.8 Å². The highest BCUT2D eigenvalue weighted by atomic mass is 19.1. The van der Waals surface area contributed by atoms with Gasteiger partial charge in [-0.1, -0.05) is 0 Å². The minimum absolute atomic E-state index is 0.254. The van der Waals surface area contributed by atoms with Gasteiger partial charge in [-0.3, -0.25) is 9.78 Å². The van der Waals surface area contributed by atoms with Gasteiger partial charge in [-0.2, -0.15) is 4.39 Å². The second-order valence-electron chi connectivity index (χ2n) is 6.22. The number of methoxy groups -OCH3 is 1. The van der Waals surface area contributed by atoms with E-state index in [4.69, 9.17) is 9.47 Å². The molecule has 0 aliphatic carbocycles. The Hall–Kier alpha value is -3.48. The predicted octanol–water partition coefficient (Wildman–Crippen LogP) is 3.66. The number of nitrogens with zero attached hydrogens (tertiary/aromatic N) is 2. The van der Waals surface area contributed by atoms with Gasteiger partial charge in [0.2, 0.25) is 5.95 Å². The van der Waals surface area contributed by atoms with E-state index >= 15 is 0 Å². The highest BCUT2D eigenvalue weighted by Crippen LogP contribution is 2.21. The highest BCUT2D eigenvalue weighted by Gasteiger charge is 2.10. The fourth-order valence-corrected chi connectivity index (χ4v) is 2.79. The molecular weight excluding hydrogens is 373 g/mol. The van der Waals surface area contributed by atoms with Gasteiger partial charge in [0.25, 0.3) is 5.91 Å². The molecule has 1 aromatic carbocycles. The van der Waals surface area contributed by atoms with Crippen molar-refractivity contribution in [2.45, 2.75) is 13.3 Å². The quantitative estimate of drug-likeness (QED) is 0.589. The number of carbonyl (C=O) groups is 1. The average Bonchev–Trinajstić information content (AvgIpc) is 2.76. The Labute approximate surface area is 168 Å². The first-order chi connectivity index (χ1) is 14.1. The molecule has 0 unspecified atom stereocenters. The standard InChI is InChI=1S/C22H22FN3O3/c1-3-29-18-6-4-15(5-7-18)20-13-17(9-10-24-20)22(27)25-11-8-16-12-19(28-2)14-26-21(16)23/h4-7,9-10,12-14H,3,8,11H2,1-2H3,(H,25,27). The third-order valence-electron chi connectivity index (χ3n) is 4.29. The number of benzene rings is 1. The normalized spacial score (nSPS) is 10.4. The summed E-state index contributed by atoms with van der Waals surface area (Å²) in [5.41, 5.74) is 2.43. The molecule has 3 rings (SSSR count). The number of carbonyl (C=O) groups excluding carboxylic acids is 1. The van der Waals surface area contributed by atoms with Gasteiger partial charge >= 0.3 is 0 Å². The Kier molecular flexibility index (Phi) is 6.73. The number of halogens is 1. The molecule has 29 heavy (non-hydrogen) atoms. The molecule has 0 saturated carbocycles. The van der Waals surface area contributed by atoms with Crippen molar-refractivity contribution in [1.29, 1.82) is 0 Å². The molecule has 0 spiro atoms. The monoisotopic (exact) mass is 395 g/mol. The minimum atomic E-state index is -0.568. The molecule has 0 fully saturated rings. The van der Waals surface area contributed by atoms with Crippen LogP contribution in [0.3, 0.4) is 0 Å². The number of nitrogens with one attached hydrogen (secondary N) is 1. The Balaban J connectivity index is 1.63. The molecule has 1 N–H and O–H groups in total. The van der Waals surface area contributed by atoms with Crippen molar-refractivity contribution in [3.63, 3.8) is 0 Å². The lowest BCUT2D eigenvalue weighted by Crippen LogP contribution is -2.26. The Morgan fingerprint density at radius 1 is 1.10 bits per heavy atom. The molecule has 6 nitrogen and oxygen atoms in total. The van der Waals surface area contributed by atoms with Gasteiger partial charge in [0, 0.05) is 29.4 Å². The number of rotatable bonds is 8. The third-order valence-corrected chi connectivity index (χ3v) is 4.29. The Bertz CT molecular complexity index is 977. The van der Waals surface area contributed by atoms with Crippen LogP contribution in [0.15, 0.2) is 54.9 Å². The van der Waals surface area contributed by atoms with Crippen LogP contribution in [0.25, 0.3) is 11.3 Å². The fraction of sp³-hybridized carbons (Fsp3) is 0.227. The lowest BCUT2D eigenvalue weighted by molar-refractivity contribution is 0.0954. The number of hydrogen-bond acceptors (Lipinski definition) is 5. The van der Waals surface area contributed by atoms with E-state index in [1.165, 1.54) is 13.3 Å². The first-order valence-electron chi connectivity index (χ1n) is 9.26. The lowest BCUT2D eigenvalue weighted by Gasteiger charge is -2.09. The van der Waals surface area contributed by atoms with Gasteiger partial charge in [-0.25, -0.2) is 4.98 Å². The molecule has 0 aliphatic rings. The Morgan fingerprint density at radius 3 is 2.62 bits per heavy atom. The van der Waals surface area contributed by atoms with Crippen molar-refractivity contribution in [3.8, 4) is 22.8 Å². The zero-order chi connectivity index (χ0) is 20.6. The van der Waals surface area contributed by atoms with Crippen molar-refractivity contribution in [2.24, 2.45) is 0 Å². The summed E-state index contributed by atoms with van der Waals surface area (Å²) in [4.78, 5) is 20.5. The van der Waals surface area contributed by atoms with E-state index in [9.17, 15) is 9.18 Å². The van der Waals surface area contributed by atoms with E-state index in [1.807, 2.05) is 31.2 Å². The average molecular weight is 395 g/mol. The third kappa shape index (κ3) is 5.28. The van der Waals surface area contributed by atoms with Crippen molar-refractivity contribution >= 4 is 5.91 Å². The van der Waals surface area contributed by atoms with Crippen LogP contribution in [0.4, 0.5) is 4.39 Å². The summed E-state index contributed by atoms with van der Waals surface area (Å²) >= 11 is 0. The first kappa shape index (κ1) is 20.3. The zero-order valence-electron chi connectivity index (χ0n) is 16.3. The summed E-state index contributed by atoms with van der Waals surface area (Å²) in [5, 5.41) is 2.79. The topological polar surface area (TPSA) is 73.3 Å². The number of hydrogen-bond donors (Lipinski definition) is 1. The van der Waals surface area contributed by atoms with E-state index in [2.05, 4.69) is 15.3 Å². The van der Waals surface area contributed by atoms with Gasteiger partial charge in [-0.05, 0) is 55.8 Å². The van der Waals surface area contributed by atoms with E-state index in [1.54, 1.807) is 24.4 Å². The first-order valence-corrected chi connectivity index (χ1v) is 9.26. The van der Waals surface area contributed by atoms with Gasteiger partial charge < -0.3 is 14.8 Å². The number of pyridine rings is 2. The lowest BCUT2D eigenvalue weighted by atomic mass is 10.1. The van der Waals surface area contributed by atoms with Crippen LogP contribution in [0, 0.1) is 5.95 Å². The van der Waals surface area contributed by atoms with Crippen LogP contribution >= 0.6 is 0 Å². The molecular formula is C22H22FN3O3. The van der Waals surface area contributed by atoms with Gasteiger partial charge in [0.05, 0.1) is 25.6 Å². The van der Waals surface area contributed by atoms with E-state index in [0.29, 0.717) is 35.6 Å². The summed E-state index contributed by atoms with van der Waals surface area (Å²) in [6.07, 6.45) is 3.21. The van der Waals surface area contributed by atoms with E-state index in [0.717, 1.165) is 11.3 Å². The summed E-state index contributed by atoms with van der Waals surface area (Å²) < 4.78 is 24.3. The maximum atomic E-state index is 13.8. The van der Waals surface area contributed by atoms with Crippen LogP contribution in [0.1, 0.15) is 22.8 Å². The number of amides is 1. The molecule has 3 aromatic rings. The van der Waals surface area contributed by atoms with Gasteiger partial charge in [0.1, 0.15) is 11.5 Å². The number of ether oxygens (including phenoxy) is 2. The highest BCUT2D eigenvalue weighted by molar-refractivity contribution is 5.95. The summed E-state index contributed by atoms with van der Waals surface area (Å²) in [6.45, 7) is 2.80. The largest absolute Gasteiger partial charge is 0.495 e. The van der Waals surface area contributed by atoms with Crippen LogP contribution in [0.5, 0.6) is 11.5 Å². The van der Waals surface area contributed by atoms with Gasteiger partial charge in [-0.15, -0.1) is 0 Å². The maximum absolute atomic E-state index is 13.8. The van der Waals surface area contributed by atoms with Crippen molar-refractivity contribution < 1.29 is 18.7 Å². The molecule has 1 amide bonds. The van der Waals surface area contributed by atoms with Crippen molar-refractivity contribution in [1.82, 2.24) is 15.3 Å². The summed E-state index contributed by atoms with van der Waals surface area (Å²) in [6, 6.07) is 12.5. The maximum Gasteiger partial charge on any atom is 0.251 e. The molecule has 0 bridgehead atoms. The van der Waals surface area contributed by atoms with E-state index in [-0.39, 0.29) is 12.5 Å².